The Morgan fingerprint density at radius 3 is 1.56 bits per heavy atom. The second kappa shape index (κ2) is 16.6. The molecule has 0 unspecified atom stereocenters. The first-order chi connectivity index (χ1) is 27.8. The zero-order valence-electron chi connectivity index (χ0n) is 32.6. The second-order valence-corrected chi connectivity index (χ2v) is 17.8. The van der Waals surface area contributed by atoms with Crippen LogP contribution >= 0.6 is 11.6 Å². The lowest BCUT2D eigenvalue weighted by Gasteiger charge is -2.12. The number of anilines is 5. The lowest BCUT2D eigenvalue weighted by atomic mass is 10.1. The van der Waals surface area contributed by atoms with Crippen LogP contribution in [0.4, 0.5) is 28.6 Å². The van der Waals surface area contributed by atoms with Crippen molar-refractivity contribution in [3.63, 3.8) is 0 Å². The van der Waals surface area contributed by atoms with E-state index < -0.39 is 19.7 Å². The van der Waals surface area contributed by atoms with Crippen LogP contribution in [0.2, 0.25) is 5.15 Å². The molecule has 6 N–H and O–H groups in total. The molecule has 0 amide bonds. The first kappa shape index (κ1) is 41.9. The third-order valence-electron chi connectivity index (χ3n) is 8.62. The van der Waals surface area contributed by atoms with Crippen LogP contribution in [-0.4, -0.2) is 78.4 Å². The molecule has 22 heteroatoms. The first-order valence-electron chi connectivity index (χ1n) is 17.5. The van der Waals surface area contributed by atoms with Gasteiger partial charge >= 0.3 is 0 Å². The summed E-state index contributed by atoms with van der Waals surface area (Å²) in [6.07, 6.45) is 6.39. The highest BCUT2D eigenvalue weighted by atomic mass is 35.5. The molecule has 0 aliphatic heterocycles. The summed E-state index contributed by atoms with van der Waals surface area (Å²) in [7, 11) is -0.0375. The molecule has 8 aromatic rings. The zero-order chi connectivity index (χ0) is 42.8. The van der Waals surface area contributed by atoms with Gasteiger partial charge in [0, 0.05) is 59.5 Å². The second-order valence-electron chi connectivity index (χ2n) is 13.4. The Balaban J connectivity index is 0.000000173. The normalized spacial score (nSPS) is 11.5. The SMILES string of the molecule is Cn1[nH]c2nc(Cl)cc(Nc3ccccc3S(C)(=O)=O)c2c1=O.Cn1ccc(Cc2cc(Nc3ccccc3S(C)(=O)=O)c3c(=O)n(C)[nH]c3n2)n1.Cn1ccc(N)n1. The standard InChI is InChI=1S/C19H20N6O3S.C14H13ClN4O3S.C4H7N3/c1-24-9-8-12(22-24)10-13-11-15(17-18(20-13)23-25(2)19(17)26)21-14-6-4-5-7-16(14)29(3,27)28;1-19-14(20)12-9(7-11(15)17-13(12)18-19)16-8-5-3-4-6-10(8)23(2,21)22;1-7-3-2-4(5)6-7/h4-9,11H,10H2,1-3H3,(H2,20,21,23);3-7H,1-2H3,(H2,16,17,18);2-3H,1H3,(H2,5,6). The molecule has 8 rings (SSSR count). The number of hydrogen-bond acceptors (Lipinski definition) is 13. The summed E-state index contributed by atoms with van der Waals surface area (Å²) >= 11 is 5.98. The van der Waals surface area contributed by atoms with E-state index in [4.69, 9.17) is 17.3 Å². The number of fused-ring (bicyclic) bond motifs is 2. The van der Waals surface area contributed by atoms with Gasteiger partial charge in [-0.1, -0.05) is 35.9 Å². The quantitative estimate of drug-likeness (QED) is 0.137. The van der Waals surface area contributed by atoms with E-state index >= 15 is 0 Å². The van der Waals surface area contributed by atoms with Crippen molar-refractivity contribution >= 4 is 81.9 Å². The highest BCUT2D eigenvalue weighted by Crippen LogP contribution is 2.30. The molecule has 0 aliphatic rings. The van der Waals surface area contributed by atoms with E-state index in [2.05, 4.69) is 41.0 Å². The first-order valence-corrected chi connectivity index (χ1v) is 21.6. The lowest BCUT2D eigenvalue weighted by Crippen LogP contribution is -2.12. The monoisotopic (exact) mass is 861 g/mol. The molecule has 0 radical (unpaired) electrons. The van der Waals surface area contributed by atoms with Gasteiger partial charge < -0.3 is 16.4 Å². The number of rotatable bonds is 8. The van der Waals surface area contributed by atoms with Gasteiger partial charge in [0.2, 0.25) is 0 Å². The number of sulfone groups is 2. The Kier molecular flexibility index (Phi) is 11.8. The molecule has 0 saturated carbocycles. The average Bonchev–Trinajstić information content (AvgIpc) is 3.90. The number of hydrogen-bond donors (Lipinski definition) is 5. The van der Waals surface area contributed by atoms with Gasteiger partial charge in [-0.15, -0.1) is 0 Å². The van der Waals surface area contributed by atoms with Crippen molar-refractivity contribution < 1.29 is 16.8 Å². The maximum atomic E-state index is 12.6. The van der Waals surface area contributed by atoms with Crippen LogP contribution < -0.4 is 27.5 Å². The molecule has 308 valence electrons. The summed E-state index contributed by atoms with van der Waals surface area (Å²) in [5.41, 5.74) is 8.61. The molecular formula is C37H40ClN13O6S2. The minimum Gasteiger partial charge on any atom is -0.382 e. The van der Waals surface area contributed by atoms with E-state index in [0.717, 1.165) is 18.2 Å². The van der Waals surface area contributed by atoms with Crippen LogP contribution in [0.1, 0.15) is 11.4 Å². The zero-order valence-corrected chi connectivity index (χ0v) is 35.0. The van der Waals surface area contributed by atoms with Crippen LogP contribution in [0.15, 0.2) is 105 Å². The van der Waals surface area contributed by atoms with Crippen LogP contribution in [-0.2, 0) is 54.3 Å². The van der Waals surface area contributed by atoms with Gasteiger partial charge in [0.1, 0.15) is 21.7 Å². The Morgan fingerprint density at radius 1 is 0.644 bits per heavy atom. The predicted molar refractivity (Wildman–Crippen MR) is 227 cm³/mol. The van der Waals surface area contributed by atoms with E-state index in [0.29, 0.717) is 62.7 Å². The molecule has 0 fully saturated rings. The van der Waals surface area contributed by atoms with Gasteiger partial charge in [0.05, 0.1) is 43.9 Å². The number of nitrogen functional groups attached to an aromatic ring is 1. The fourth-order valence-corrected chi connectivity index (χ4v) is 7.88. The Morgan fingerprint density at radius 2 is 1.12 bits per heavy atom. The molecule has 0 bridgehead atoms. The van der Waals surface area contributed by atoms with Crippen molar-refractivity contribution in [2.24, 2.45) is 28.2 Å². The minimum atomic E-state index is -3.45. The van der Waals surface area contributed by atoms with E-state index in [1.165, 1.54) is 27.6 Å². The molecule has 0 aliphatic carbocycles. The van der Waals surface area contributed by atoms with Gasteiger partial charge in [-0.3, -0.25) is 38.5 Å². The van der Waals surface area contributed by atoms with E-state index in [-0.39, 0.29) is 26.1 Å². The number of nitrogens with one attached hydrogen (secondary N) is 4. The molecule has 6 heterocycles. The van der Waals surface area contributed by atoms with Crippen LogP contribution in [0, 0.1) is 0 Å². The summed E-state index contributed by atoms with van der Waals surface area (Å²) in [5, 5.41) is 20.9. The maximum absolute atomic E-state index is 12.6. The van der Waals surface area contributed by atoms with Crippen molar-refractivity contribution in [1.29, 1.82) is 0 Å². The number of nitrogens with zero attached hydrogens (tertiary/aromatic N) is 8. The van der Waals surface area contributed by atoms with Gasteiger partial charge in [-0.2, -0.15) is 10.2 Å². The highest BCUT2D eigenvalue weighted by Gasteiger charge is 2.19. The summed E-state index contributed by atoms with van der Waals surface area (Å²) in [5.74, 6) is 0.572. The molecule has 0 spiro atoms. The summed E-state index contributed by atoms with van der Waals surface area (Å²) in [6.45, 7) is 0. The highest BCUT2D eigenvalue weighted by molar-refractivity contribution is 7.91. The molecule has 0 saturated heterocycles. The summed E-state index contributed by atoms with van der Waals surface area (Å²) < 4.78 is 54.1. The summed E-state index contributed by atoms with van der Waals surface area (Å²) in [4.78, 5) is 33.7. The molecule has 19 nitrogen and oxygen atoms in total. The Bertz CT molecular complexity index is 3160. The van der Waals surface area contributed by atoms with Crippen molar-refractivity contribution in [2.45, 2.75) is 16.2 Å². The van der Waals surface area contributed by atoms with Crippen LogP contribution in [0.25, 0.3) is 22.1 Å². The third kappa shape index (κ3) is 9.71. The third-order valence-corrected chi connectivity index (χ3v) is 11.1. The minimum absolute atomic E-state index is 0.133. The number of aromatic nitrogens is 10. The van der Waals surface area contributed by atoms with Crippen molar-refractivity contribution in [3.8, 4) is 0 Å². The van der Waals surface area contributed by atoms with E-state index in [1.54, 1.807) is 78.2 Å². The van der Waals surface area contributed by atoms with Gasteiger partial charge in [0.15, 0.2) is 31.0 Å². The number of aromatic amines is 2. The number of halogens is 1. The van der Waals surface area contributed by atoms with E-state index in [1.807, 2.05) is 26.4 Å². The fraction of sp³-hybridized carbons (Fsp3) is 0.189. The topological polar surface area (TPSA) is 255 Å². The van der Waals surface area contributed by atoms with Crippen molar-refractivity contribution in [2.75, 3.05) is 28.9 Å². The van der Waals surface area contributed by atoms with Gasteiger partial charge in [-0.25, -0.2) is 26.8 Å². The molecule has 6 aromatic heterocycles. The van der Waals surface area contributed by atoms with Crippen LogP contribution in [0.3, 0.4) is 0 Å². The Hall–Kier alpha value is -6.71. The number of H-pyrrole nitrogens is 2. The molecule has 2 aromatic carbocycles. The van der Waals surface area contributed by atoms with Crippen molar-refractivity contribution in [1.82, 2.24) is 49.1 Å². The summed E-state index contributed by atoms with van der Waals surface area (Å²) in [6, 6.07) is 19.9. The molecule has 0 atom stereocenters. The van der Waals surface area contributed by atoms with Crippen molar-refractivity contribution in [3.05, 3.63) is 122 Å². The van der Waals surface area contributed by atoms with Crippen LogP contribution in [0.5, 0.6) is 0 Å². The number of pyridine rings is 2. The average molecular weight is 862 g/mol. The van der Waals surface area contributed by atoms with Gasteiger partial charge in [0.25, 0.3) is 11.1 Å². The largest absolute Gasteiger partial charge is 0.382 e. The number of para-hydroxylation sites is 2. The number of aryl methyl sites for hydroxylation is 4. The van der Waals surface area contributed by atoms with E-state index in [9.17, 15) is 26.4 Å². The molecule has 59 heavy (non-hydrogen) atoms. The number of benzene rings is 2. The predicted octanol–water partition coefficient (Wildman–Crippen LogP) is 3.80. The lowest BCUT2D eigenvalue weighted by molar-refractivity contribution is 0.600. The fourth-order valence-electron chi connectivity index (χ4n) is 6.00. The Labute approximate surface area is 342 Å². The molecular weight excluding hydrogens is 822 g/mol. The smallest absolute Gasteiger partial charge is 0.277 e. The van der Waals surface area contributed by atoms with Gasteiger partial charge in [-0.05, 0) is 48.5 Å². The maximum Gasteiger partial charge on any atom is 0.277 e. The number of nitrogens with two attached hydrogens (primary N) is 1.